The topological polar surface area (TPSA) is 68.0 Å². The summed E-state index contributed by atoms with van der Waals surface area (Å²) in [7, 11) is 0. The molecular weight excluding hydrogens is 273 g/mol. The van der Waals surface area contributed by atoms with Gasteiger partial charge in [-0.25, -0.2) is 4.98 Å². The van der Waals surface area contributed by atoms with Crippen molar-refractivity contribution in [2.45, 2.75) is 0 Å². The first-order chi connectivity index (χ1) is 8.58. The van der Waals surface area contributed by atoms with Crippen molar-refractivity contribution in [2.75, 3.05) is 11.1 Å². The van der Waals surface area contributed by atoms with Crippen LogP contribution in [0, 0.1) is 0 Å². The molecule has 0 aliphatic heterocycles. The standard InChI is InChI=1S/C12H9Cl2N3O/c13-7-4-5-10(16-6-7)17-12(18)11-8(14)2-1-3-9(11)15/h1-6H,15H2,(H,16,17,18). The molecule has 0 spiro atoms. The first-order valence-electron chi connectivity index (χ1n) is 5.05. The van der Waals surface area contributed by atoms with Crippen LogP contribution < -0.4 is 11.1 Å². The number of benzene rings is 1. The lowest BCUT2D eigenvalue weighted by Crippen LogP contribution is -2.15. The van der Waals surface area contributed by atoms with Gasteiger partial charge in [0.1, 0.15) is 5.82 Å². The maximum Gasteiger partial charge on any atom is 0.260 e. The molecule has 6 heteroatoms. The number of nitrogens with zero attached hydrogens (tertiary/aromatic N) is 1. The van der Waals surface area contributed by atoms with Crippen molar-refractivity contribution in [3.05, 3.63) is 52.1 Å². The van der Waals surface area contributed by atoms with E-state index in [4.69, 9.17) is 28.9 Å². The molecule has 3 N–H and O–H groups in total. The minimum Gasteiger partial charge on any atom is -0.398 e. The second kappa shape index (κ2) is 5.25. The third-order valence-electron chi connectivity index (χ3n) is 2.24. The molecule has 4 nitrogen and oxygen atoms in total. The van der Waals surface area contributed by atoms with Crippen LogP contribution in [0.3, 0.4) is 0 Å². The molecule has 2 aromatic rings. The number of rotatable bonds is 2. The Kier molecular flexibility index (Phi) is 3.69. The Morgan fingerprint density at radius 2 is 2.00 bits per heavy atom. The van der Waals surface area contributed by atoms with Gasteiger partial charge in [0.15, 0.2) is 0 Å². The van der Waals surface area contributed by atoms with Crippen LogP contribution in [0.2, 0.25) is 10.0 Å². The van der Waals surface area contributed by atoms with E-state index in [2.05, 4.69) is 10.3 Å². The molecule has 0 aliphatic rings. The van der Waals surface area contributed by atoms with E-state index in [0.29, 0.717) is 21.6 Å². The van der Waals surface area contributed by atoms with Gasteiger partial charge < -0.3 is 11.1 Å². The average molecular weight is 282 g/mol. The van der Waals surface area contributed by atoms with Crippen LogP contribution in [0.4, 0.5) is 11.5 Å². The summed E-state index contributed by atoms with van der Waals surface area (Å²) in [5.74, 6) is -0.0309. The van der Waals surface area contributed by atoms with Gasteiger partial charge in [-0.1, -0.05) is 29.3 Å². The fourth-order valence-electron chi connectivity index (χ4n) is 1.41. The Bertz CT molecular complexity index is 564. The SMILES string of the molecule is Nc1cccc(Cl)c1C(=O)Nc1ccc(Cl)cn1. The van der Waals surface area contributed by atoms with E-state index in [1.165, 1.54) is 6.20 Å². The van der Waals surface area contributed by atoms with Gasteiger partial charge in [0, 0.05) is 11.9 Å². The normalized spacial score (nSPS) is 10.1. The van der Waals surface area contributed by atoms with E-state index in [0.717, 1.165) is 0 Å². The Morgan fingerprint density at radius 3 is 2.61 bits per heavy atom. The highest BCUT2D eigenvalue weighted by molar-refractivity contribution is 6.35. The van der Waals surface area contributed by atoms with Gasteiger partial charge in [0.2, 0.25) is 0 Å². The number of nitrogens with two attached hydrogens (primary N) is 1. The highest BCUT2D eigenvalue weighted by Crippen LogP contribution is 2.23. The molecule has 0 saturated carbocycles. The zero-order valence-electron chi connectivity index (χ0n) is 9.15. The molecule has 18 heavy (non-hydrogen) atoms. The van der Waals surface area contributed by atoms with Gasteiger partial charge in [-0.2, -0.15) is 0 Å². The number of aromatic nitrogens is 1. The van der Waals surface area contributed by atoms with Gasteiger partial charge in [0.05, 0.1) is 15.6 Å². The fourth-order valence-corrected chi connectivity index (χ4v) is 1.79. The van der Waals surface area contributed by atoms with Gasteiger partial charge >= 0.3 is 0 Å². The van der Waals surface area contributed by atoms with Crippen molar-refractivity contribution >= 4 is 40.6 Å². The number of nitrogen functional groups attached to an aromatic ring is 1. The molecule has 0 bridgehead atoms. The average Bonchev–Trinajstić information content (AvgIpc) is 2.32. The van der Waals surface area contributed by atoms with E-state index in [9.17, 15) is 4.79 Å². The van der Waals surface area contributed by atoms with E-state index < -0.39 is 5.91 Å². The number of hydrogen-bond acceptors (Lipinski definition) is 3. The summed E-state index contributed by atoms with van der Waals surface area (Å²) >= 11 is 11.6. The quantitative estimate of drug-likeness (QED) is 0.831. The predicted octanol–water partition coefficient (Wildman–Crippen LogP) is 3.22. The molecule has 0 aliphatic carbocycles. The number of carbonyl (C=O) groups is 1. The molecule has 0 fully saturated rings. The molecule has 0 atom stereocenters. The minimum absolute atomic E-state index is 0.232. The van der Waals surface area contributed by atoms with Gasteiger partial charge in [-0.05, 0) is 24.3 Å². The van der Waals surface area contributed by atoms with E-state index in [-0.39, 0.29) is 5.56 Å². The number of carbonyl (C=O) groups excluding carboxylic acids is 1. The third-order valence-corrected chi connectivity index (χ3v) is 2.78. The van der Waals surface area contributed by atoms with E-state index >= 15 is 0 Å². The van der Waals surface area contributed by atoms with Crippen LogP contribution in [0.1, 0.15) is 10.4 Å². The van der Waals surface area contributed by atoms with Crippen LogP contribution in [-0.2, 0) is 0 Å². The largest absolute Gasteiger partial charge is 0.398 e. The second-order valence-electron chi connectivity index (χ2n) is 3.52. The summed E-state index contributed by atoms with van der Waals surface area (Å²) in [6.07, 6.45) is 1.44. The highest BCUT2D eigenvalue weighted by atomic mass is 35.5. The van der Waals surface area contributed by atoms with Crippen LogP contribution in [0.15, 0.2) is 36.5 Å². The summed E-state index contributed by atoms with van der Waals surface area (Å²) in [5, 5.41) is 3.38. The molecular formula is C12H9Cl2N3O. The van der Waals surface area contributed by atoms with Crippen molar-refractivity contribution in [1.29, 1.82) is 0 Å². The molecule has 0 radical (unpaired) electrons. The minimum atomic E-state index is -0.409. The number of amides is 1. The molecule has 1 aromatic heterocycles. The molecule has 92 valence electrons. The highest BCUT2D eigenvalue weighted by Gasteiger charge is 2.14. The number of pyridine rings is 1. The summed E-state index contributed by atoms with van der Waals surface area (Å²) in [4.78, 5) is 15.9. The van der Waals surface area contributed by atoms with E-state index in [1.54, 1.807) is 30.3 Å². The third kappa shape index (κ3) is 2.72. The molecule has 1 heterocycles. The lowest BCUT2D eigenvalue weighted by Gasteiger charge is -2.08. The van der Waals surface area contributed by atoms with Crippen molar-refractivity contribution in [1.82, 2.24) is 4.98 Å². The van der Waals surface area contributed by atoms with Crippen LogP contribution in [-0.4, -0.2) is 10.9 Å². The first-order valence-corrected chi connectivity index (χ1v) is 5.80. The Morgan fingerprint density at radius 1 is 1.22 bits per heavy atom. The maximum absolute atomic E-state index is 12.0. The van der Waals surface area contributed by atoms with Crippen LogP contribution >= 0.6 is 23.2 Å². The Labute approximate surface area is 114 Å². The maximum atomic E-state index is 12.0. The van der Waals surface area contributed by atoms with Gasteiger partial charge in [0.25, 0.3) is 5.91 Å². The number of nitrogens with one attached hydrogen (secondary N) is 1. The van der Waals surface area contributed by atoms with Crippen LogP contribution in [0.25, 0.3) is 0 Å². The molecule has 0 unspecified atom stereocenters. The number of halogens is 2. The second-order valence-corrected chi connectivity index (χ2v) is 4.36. The molecule has 0 saturated heterocycles. The van der Waals surface area contributed by atoms with Crippen molar-refractivity contribution in [3.63, 3.8) is 0 Å². The fraction of sp³-hybridized carbons (Fsp3) is 0. The zero-order valence-corrected chi connectivity index (χ0v) is 10.7. The van der Waals surface area contributed by atoms with Crippen molar-refractivity contribution in [3.8, 4) is 0 Å². The lowest BCUT2D eigenvalue weighted by atomic mass is 10.1. The van der Waals surface area contributed by atoms with Crippen molar-refractivity contribution < 1.29 is 4.79 Å². The first kappa shape index (κ1) is 12.7. The monoisotopic (exact) mass is 281 g/mol. The zero-order chi connectivity index (χ0) is 13.1. The molecule has 1 aromatic carbocycles. The van der Waals surface area contributed by atoms with Gasteiger partial charge in [-0.15, -0.1) is 0 Å². The van der Waals surface area contributed by atoms with Gasteiger partial charge in [-0.3, -0.25) is 4.79 Å². The van der Waals surface area contributed by atoms with Crippen molar-refractivity contribution in [2.24, 2.45) is 0 Å². The summed E-state index contributed by atoms with van der Waals surface area (Å²) in [5.41, 5.74) is 6.26. The number of anilines is 2. The lowest BCUT2D eigenvalue weighted by molar-refractivity contribution is 0.102. The predicted molar refractivity (Wildman–Crippen MR) is 73.1 cm³/mol. The van der Waals surface area contributed by atoms with Crippen LogP contribution in [0.5, 0.6) is 0 Å². The molecule has 2 rings (SSSR count). The summed E-state index contributed by atoms with van der Waals surface area (Å²) in [6, 6.07) is 8.10. The number of hydrogen-bond donors (Lipinski definition) is 2. The van der Waals surface area contributed by atoms with E-state index in [1.807, 2.05) is 0 Å². The smallest absolute Gasteiger partial charge is 0.260 e. The molecule has 1 amide bonds. The Hall–Kier alpha value is -1.78. The summed E-state index contributed by atoms with van der Waals surface area (Å²) < 4.78 is 0. The summed E-state index contributed by atoms with van der Waals surface area (Å²) in [6.45, 7) is 0. The Balaban J connectivity index is 2.25.